The first-order chi connectivity index (χ1) is 13.9. The molecule has 3 aromatic rings. The van der Waals surface area contributed by atoms with E-state index in [9.17, 15) is 28.3 Å². The number of rotatable bonds is 2. The van der Waals surface area contributed by atoms with Crippen molar-refractivity contribution in [1.82, 2.24) is 15.0 Å². The molecule has 7 nitrogen and oxygen atoms in total. The third kappa shape index (κ3) is 3.06. The van der Waals surface area contributed by atoms with E-state index in [1.807, 2.05) is 0 Å². The molecule has 146 valence electrons. The zero-order valence-electron chi connectivity index (χ0n) is 14.6. The minimum absolute atomic E-state index is 0.216. The van der Waals surface area contributed by atoms with Crippen LogP contribution in [0.25, 0.3) is 11.5 Å². The molecule has 0 saturated heterocycles. The number of aromatic nitrogens is 2. The number of aromatic hydroxyl groups is 1. The smallest absolute Gasteiger partial charge is 0.295 e. The van der Waals surface area contributed by atoms with Crippen LogP contribution >= 0.6 is 0 Å². The largest absolute Gasteiger partial charge is 0.503 e. The summed E-state index contributed by atoms with van der Waals surface area (Å²) in [5.74, 6) is -7.85. The number of phenols is 1. The quantitative estimate of drug-likeness (QED) is 0.664. The molecule has 1 aliphatic rings. The maximum atomic E-state index is 14.0. The summed E-state index contributed by atoms with van der Waals surface area (Å²) in [6.07, 6.45) is 0.460. The standard InChI is InChI=1S/C19H11F3N4O3/c20-13-6-12(14(21)16(27)15(13)22)18-24-17(25-29-18)19(28)26-5-4-11-9(7-23)2-1-3-10(11)8-26/h1-3,6,27H,4-5,8H2. The molecule has 29 heavy (non-hydrogen) atoms. The van der Waals surface area contributed by atoms with Crippen LogP contribution in [-0.2, 0) is 13.0 Å². The van der Waals surface area contributed by atoms with E-state index < -0.39 is 46.4 Å². The Hall–Kier alpha value is -3.87. The first-order valence-electron chi connectivity index (χ1n) is 8.41. The lowest BCUT2D eigenvalue weighted by Crippen LogP contribution is -2.36. The van der Waals surface area contributed by atoms with Crippen LogP contribution in [0.2, 0.25) is 0 Å². The van der Waals surface area contributed by atoms with Crippen molar-refractivity contribution in [2.75, 3.05) is 6.54 Å². The zero-order valence-corrected chi connectivity index (χ0v) is 14.6. The number of hydrogen-bond acceptors (Lipinski definition) is 6. The molecule has 0 radical (unpaired) electrons. The molecular formula is C19H11F3N4O3. The second-order valence-electron chi connectivity index (χ2n) is 6.34. The predicted octanol–water partition coefficient (Wildman–Crippen LogP) is 2.93. The maximum Gasteiger partial charge on any atom is 0.295 e. The fourth-order valence-corrected chi connectivity index (χ4v) is 3.19. The number of halogens is 3. The molecular weight excluding hydrogens is 389 g/mol. The lowest BCUT2D eigenvalue weighted by Gasteiger charge is -2.28. The van der Waals surface area contributed by atoms with Crippen molar-refractivity contribution in [3.05, 3.63) is 64.2 Å². The van der Waals surface area contributed by atoms with Crippen LogP contribution in [-0.4, -0.2) is 32.6 Å². The lowest BCUT2D eigenvalue weighted by molar-refractivity contribution is 0.0719. The molecule has 1 N–H and O–H groups in total. The Morgan fingerprint density at radius 2 is 2.07 bits per heavy atom. The summed E-state index contributed by atoms with van der Waals surface area (Å²) >= 11 is 0. The molecule has 0 spiro atoms. The van der Waals surface area contributed by atoms with Crippen LogP contribution in [0, 0.1) is 28.8 Å². The summed E-state index contributed by atoms with van der Waals surface area (Å²) in [5.41, 5.74) is 1.55. The highest BCUT2D eigenvalue weighted by Crippen LogP contribution is 2.32. The summed E-state index contributed by atoms with van der Waals surface area (Å²) in [4.78, 5) is 17.9. The monoisotopic (exact) mass is 400 g/mol. The van der Waals surface area contributed by atoms with Crippen LogP contribution in [0.1, 0.15) is 27.3 Å². The highest BCUT2D eigenvalue weighted by molar-refractivity contribution is 5.91. The van der Waals surface area contributed by atoms with Crippen molar-refractivity contribution >= 4 is 5.91 Å². The molecule has 1 aromatic heterocycles. The number of carbonyl (C=O) groups excluding carboxylic acids is 1. The third-order valence-electron chi connectivity index (χ3n) is 4.65. The number of nitriles is 1. The number of phenolic OH excluding ortho intramolecular Hbond substituents is 1. The van der Waals surface area contributed by atoms with Gasteiger partial charge in [0.2, 0.25) is 5.82 Å². The van der Waals surface area contributed by atoms with Gasteiger partial charge in [-0.3, -0.25) is 4.79 Å². The van der Waals surface area contributed by atoms with E-state index in [1.165, 1.54) is 4.90 Å². The molecule has 0 unspecified atom stereocenters. The Labute approximate surface area is 161 Å². The van der Waals surface area contributed by atoms with E-state index in [2.05, 4.69) is 16.2 Å². The third-order valence-corrected chi connectivity index (χ3v) is 4.65. The van der Waals surface area contributed by atoms with Gasteiger partial charge in [0.15, 0.2) is 17.4 Å². The molecule has 10 heteroatoms. The van der Waals surface area contributed by atoms with Crippen molar-refractivity contribution in [2.45, 2.75) is 13.0 Å². The van der Waals surface area contributed by atoms with Gasteiger partial charge >= 0.3 is 0 Å². The Morgan fingerprint density at radius 1 is 1.28 bits per heavy atom. The Bertz CT molecular complexity index is 1190. The van der Waals surface area contributed by atoms with Crippen molar-refractivity contribution < 1.29 is 27.6 Å². The van der Waals surface area contributed by atoms with Crippen LogP contribution < -0.4 is 0 Å². The van der Waals surface area contributed by atoms with Gasteiger partial charge in [-0.05, 0) is 29.7 Å². The first-order valence-corrected chi connectivity index (χ1v) is 8.41. The zero-order chi connectivity index (χ0) is 20.7. The normalized spacial score (nSPS) is 13.1. The van der Waals surface area contributed by atoms with Crippen LogP contribution in [0.3, 0.4) is 0 Å². The van der Waals surface area contributed by atoms with Crippen molar-refractivity contribution in [1.29, 1.82) is 5.26 Å². The van der Waals surface area contributed by atoms with E-state index >= 15 is 0 Å². The SMILES string of the molecule is N#Cc1cccc2c1CCN(C(=O)c1noc(-c3cc(F)c(F)c(O)c3F)n1)C2. The van der Waals surface area contributed by atoms with Crippen molar-refractivity contribution in [2.24, 2.45) is 0 Å². The number of benzene rings is 2. The number of nitrogens with zero attached hydrogens (tertiary/aromatic N) is 4. The fraction of sp³-hybridized carbons (Fsp3) is 0.158. The van der Waals surface area contributed by atoms with Gasteiger partial charge in [0.25, 0.3) is 17.6 Å². The molecule has 0 fully saturated rings. The van der Waals surface area contributed by atoms with Gasteiger partial charge in [-0.2, -0.15) is 14.6 Å². The Kier molecular flexibility index (Phi) is 4.43. The number of fused-ring (bicyclic) bond motifs is 1. The summed E-state index contributed by atoms with van der Waals surface area (Å²) in [6, 6.07) is 7.79. The number of amides is 1. The van der Waals surface area contributed by atoms with Gasteiger partial charge in [0.1, 0.15) is 0 Å². The summed E-state index contributed by atoms with van der Waals surface area (Å²) in [7, 11) is 0. The molecule has 0 saturated carbocycles. The maximum absolute atomic E-state index is 14.0. The molecule has 1 aliphatic heterocycles. The van der Waals surface area contributed by atoms with Gasteiger partial charge in [0.05, 0.1) is 17.2 Å². The highest BCUT2D eigenvalue weighted by atomic mass is 19.2. The summed E-state index contributed by atoms with van der Waals surface area (Å²) in [6.45, 7) is 0.516. The number of hydrogen-bond donors (Lipinski definition) is 1. The topological polar surface area (TPSA) is 103 Å². The Balaban J connectivity index is 1.61. The van der Waals surface area contributed by atoms with Crippen molar-refractivity contribution in [3.63, 3.8) is 0 Å². The number of carbonyl (C=O) groups is 1. The van der Waals surface area contributed by atoms with E-state index in [1.54, 1.807) is 18.2 Å². The van der Waals surface area contributed by atoms with Crippen LogP contribution in [0.15, 0.2) is 28.8 Å². The minimum Gasteiger partial charge on any atom is -0.503 e. The molecule has 1 amide bonds. The average molecular weight is 400 g/mol. The second-order valence-corrected chi connectivity index (χ2v) is 6.34. The molecule has 2 aromatic carbocycles. The molecule has 0 aliphatic carbocycles. The Morgan fingerprint density at radius 3 is 2.83 bits per heavy atom. The minimum atomic E-state index is -1.74. The van der Waals surface area contributed by atoms with Crippen molar-refractivity contribution in [3.8, 4) is 23.3 Å². The highest BCUT2D eigenvalue weighted by Gasteiger charge is 2.28. The van der Waals surface area contributed by atoms with Gasteiger partial charge in [-0.1, -0.05) is 17.3 Å². The average Bonchev–Trinajstić information content (AvgIpc) is 3.23. The van der Waals surface area contributed by atoms with Crippen LogP contribution in [0.5, 0.6) is 5.75 Å². The van der Waals surface area contributed by atoms with E-state index in [-0.39, 0.29) is 6.54 Å². The van der Waals surface area contributed by atoms with E-state index in [4.69, 9.17) is 4.52 Å². The lowest BCUT2D eigenvalue weighted by atomic mass is 9.95. The van der Waals surface area contributed by atoms with Crippen LogP contribution in [0.4, 0.5) is 13.2 Å². The van der Waals surface area contributed by atoms with Gasteiger partial charge < -0.3 is 14.5 Å². The van der Waals surface area contributed by atoms with E-state index in [0.717, 1.165) is 11.1 Å². The van der Waals surface area contributed by atoms with E-state index in [0.29, 0.717) is 24.6 Å². The fourth-order valence-electron chi connectivity index (χ4n) is 3.19. The van der Waals surface area contributed by atoms with Gasteiger partial charge in [-0.25, -0.2) is 8.78 Å². The first kappa shape index (κ1) is 18.5. The second kappa shape index (κ2) is 6.94. The molecule has 2 heterocycles. The molecule has 0 bridgehead atoms. The predicted molar refractivity (Wildman–Crippen MR) is 90.9 cm³/mol. The molecule has 4 rings (SSSR count). The molecule has 0 atom stereocenters. The van der Waals surface area contributed by atoms with Gasteiger partial charge in [-0.15, -0.1) is 0 Å². The summed E-state index contributed by atoms with van der Waals surface area (Å²) < 4.78 is 45.5. The van der Waals surface area contributed by atoms with Gasteiger partial charge in [0, 0.05) is 13.1 Å². The summed E-state index contributed by atoms with van der Waals surface area (Å²) in [5, 5.41) is 22.0.